The van der Waals surface area contributed by atoms with E-state index >= 15 is 0 Å². The highest BCUT2D eigenvalue weighted by Gasteiger charge is 2.27. The highest BCUT2D eigenvalue weighted by Crippen LogP contribution is 2.27. The Morgan fingerprint density at radius 3 is 2.35 bits per heavy atom. The number of hydrogen-bond acceptors (Lipinski definition) is 4. The van der Waals surface area contributed by atoms with Gasteiger partial charge in [0.2, 0.25) is 0 Å². The molecule has 0 aliphatic carbocycles. The molecule has 0 fully saturated rings. The fourth-order valence-corrected chi connectivity index (χ4v) is 3.86. The predicted molar refractivity (Wildman–Crippen MR) is 82.7 cm³/mol. The van der Waals surface area contributed by atoms with E-state index in [4.69, 9.17) is 10.5 Å². The zero-order chi connectivity index (χ0) is 15.5. The van der Waals surface area contributed by atoms with Crippen LogP contribution < -0.4 is 10.5 Å². The first-order valence-corrected chi connectivity index (χ1v) is 8.52. The first-order chi connectivity index (χ1) is 9.19. The molecule has 4 nitrogen and oxygen atoms in total. The normalized spacial score (nSPS) is 15.2. The van der Waals surface area contributed by atoms with Crippen LogP contribution in [0.25, 0.3) is 0 Å². The molecule has 5 heteroatoms. The van der Waals surface area contributed by atoms with Crippen LogP contribution in [-0.4, -0.2) is 26.5 Å². The van der Waals surface area contributed by atoms with E-state index in [0.29, 0.717) is 5.75 Å². The lowest BCUT2D eigenvalue weighted by Gasteiger charge is -2.21. The summed E-state index contributed by atoms with van der Waals surface area (Å²) in [6, 6.07) is 5.05. The van der Waals surface area contributed by atoms with Crippen molar-refractivity contribution in [3.8, 4) is 5.75 Å². The average molecular weight is 299 g/mol. The standard InChI is InChI=1S/C15H25NO3S/c1-10(2)12(4)20(17,18)9-14(16)13-8-11(3)6-7-15(13)19-5/h6-8,10,12,14H,9,16H2,1-5H3. The maximum atomic E-state index is 12.3. The molecule has 0 aliphatic rings. The van der Waals surface area contributed by atoms with Crippen LogP contribution in [0.1, 0.15) is 37.9 Å². The summed E-state index contributed by atoms with van der Waals surface area (Å²) in [5, 5.41) is -0.399. The summed E-state index contributed by atoms with van der Waals surface area (Å²) in [7, 11) is -1.66. The average Bonchev–Trinajstić information content (AvgIpc) is 2.37. The number of aryl methyl sites for hydroxylation is 1. The van der Waals surface area contributed by atoms with Crippen molar-refractivity contribution in [1.29, 1.82) is 0 Å². The highest BCUT2D eigenvalue weighted by atomic mass is 32.2. The van der Waals surface area contributed by atoms with Crippen molar-refractivity contribution in [2.24, 2.45) is 11.7 Å². The van der Waals surface area contributed by atoms with E-state index in [0.717, 1.165) is 11.1 Å². The Morgan fingerprint density at radius 2 is 1.85 bits per heavy atom. The molecule has 1 rings (SSSR count). The van der Waals surface area contributed by atoms with Crippen LogP contribution in [-0.2, 0) is 9.84 Å². The molecule has 0 radical (unpaired) electrons. The van der Waals surface area contributed by atoms with Crippen LogP contribution in [0.15, 0.2) is 18.2 Å². The van der Waals surface area contributed by atoms with Crippen molar-refractivity contribution in [2.45, 2.75) is 39.0 Å². The first-order valence-electron chi connectivity index (χ1n) is 6.80. The third-order valence-corrected chi connectivity index (χ3v) is 6.20. The Balaban J connectivity index is 3.02. The topological polar surface area (TPSA) is 69.4 Å². The number of methoxy groups -OCH3 is 1. The summed E-state index contributed by atoms with van der Waals surface area (Å²) in [6.07, 6.45) is 0. The van der Waals surface area contributed by atoms with Gasteiger partial charge in [-0.25, -0.2) is 8.42 Å². The van der Waals surface area contributed by atoms with Crippen LogP contribution in [0.5, 0.6) is 5.75 Å². The van der Waals surface area contributed by atoms with Gasteiger partial charge in [-0.15, -0.1) is 0 Å². The zero-order valence-corrected chi connectivity index (χ0v) is 13.7. The van der Waals surface area contributed by atoms with Crippen LogP contribution in [0.2, 0.25) is 0 Å². The molecule has 0 amide bonds. The SMILES string of the molecule is COc1ccc(C)cc1C(N)CS(=O)(=O)C(C)C(C)C. The van der Waals surface area contributed by atoms with E-state index in [2.05, 4.69) is 0 Å². The second kappa shape index (κ2) is 6.59. The van der Waals surface area contributed by atoms with Crippen molar-refractivity contribution in [1.82, 2.24) is 0 Å². The Kier molecular flexibility index (Phi) is 5.59. The van der Waals surface area contributed by atoms with Gasteiger partial charge in [-0.1, -0.05) is 31.5 Å². The summed E-state index contributed by atoms with van der Waals surface area (Å²) < 4.78 is 29.9. The Labute approximate surface area is 122 Å². The van der Waals surface area contributed by atoms with Gasteiger partial charge in [0, 0.05) is 11.6 Å². The fraction of sp³-hybridized carbons (Fsp3) is 0.600. The third kappa shape index (κ3) is 3.96. The molecule has 0 spiro atoms. The maximum Gasteiger partial charge on any atom is 0.155 e. The monoisotopic (exact) mass is 299 g/mol. The number of ether oxygens (including phenoxy) is 1. The van der Waals surface area contributed by atoms with Gasteiger partial charge >= 0.3 is 0 Å². The minimum absolute atomic E-state index is 0.0633. The van der Waals surface area contributed by atoms with Gasteiger partial charge in [0.25, 0.3) is 0 Å². The zero-order valence-electron chi connectivity index (χ0n) is 12.9. The number of benzene rings is 1. The molecule has 0 aromatic heterocycles. The van der Waals surface area contributed by atoms with Gasteiger partial charge in [-0.3, -0.25) is 0 Å². The van der Waals surface area contributed by atoms with Gasteiger partial charge in [0.15, 0.2) is 9.84 Å². The molecule has 0 saturated heterocycles. The fourth-order valence-electron chi connectivity index (χ4n) is 2.05. The quantitative estimate of drug-likeness (QED) is 0.876. The van der Waals surface area contributed by atoms with E-state index < -0.39 is 21.1 Å². The van der Waals surface area contributed by atoms with E-state index in [-0.39, 0.29) is 11.7 Å². The molecular weight excluding hydrogens is 274 g/mol. The van der Waals surface area contributed by atoms with E-state index in [9.17, 15) is 8.42 Å². The summed E-state index contributed by atoms with van der Waals surface area (Å²) in [6.45, 7) is 7.49. The lowest BCUT2D eigenvalue weighted by atomic mass is 10.1. The molecule has 0 saturated carbocycles. The molecule has 114 valence electrons. The first kappa shape index (κ1) is 17.0. The number of nitrogens with two attached hydrogens (primary N) is 1. The number of rotatable bonds is 6. The Bertz CT molecular complexity index is 552. The van der Waals surface area contributed by atoms with Gasteiger partial charge in [0.1, 0.15) is 5.75 Å². The Morgan fingerprint density at radius 1 is 1.25 bits per heavy atom. The molecular formula is C15H25NO3S. The number of hydrogen-bond donors (Lipinski definition) is 1. The Hall–Kier alpha value is -1.07. The summed E-state index contributed by atoms with van der Waals surface area (Å²) in [5.74, 6) is 0.647. The summed E-state index contributed by atoms with van der Waals surface area (Å²) >= 11 is 0. The maximum absolute atomic E-state index is 12.3. The minimum Gasteiger partial charge on any atom is -0.496 e. The molecule has 20 heavy (non-hydrogen) atoms. The van der Waals surface area contributed by atoms with Gasteiger partial charge in [-0.05, 0) is 25.8 Å². The molecule has 2 unspecified atom stereocenters. The predicted octanol–water partition coefficient (Wildman–Crippen LogP) is 2.46. The molecule has 0 heterocycles. The molecule has 0 aliphatic heterocycles. The van der Waals surface area contributed by atoms with E-state index in [1.807, 2.05) is 39.0 Å². The lowest BCUT2D eigenvalue weighted by Crippen LogP contribution is -2.31. The smallest absolute Gasteiger partial charge is 0.155 e. The number of sulfone groups is 1. The minimum atomic E-state index is -3.23. The van der Waals surface area contributed by atoms with Crippen molar-refractivity contribution < 1.29 is 13.2 Å². The van der Waals surface area contributed by atoms with E-state index in [1.165, 1.54) is 0 Å². The van der Waals surface area contributed by atoms with E-state index in [1.54, 1.807) is 14.0 Å². The molecule has 1 aromatic carbocycles. The molecule has 0 bridgehead atoms. The highest BCUT2D eigenvalue weighted by molar-refractivity contribution is 7.92. The molecule has 2 atom stereocenters. The van der Waals surface area contributed by atoms with Crippen LogP contribution in [0.3, 0.4) is 0 Å². The largest absolute Gasteiger partial charge is 0.496 e. The third-order valence-electron chi connectivity index (χ3n) is 3.70. The van der Waals surface area contributed by atoms with Crippen LogP contribution in [0.4, 0.5) is 0 Å². The van der Waals surface area contributed by atoms with Crippen molar-refractivity contribution in [2.75, 3.05) is 12.9 Å². The summed E-state index contributed by atoms with van der Waals surface area (Å²) in [4.78, 5) is 0. The van der Waals surface area contributed by atoms with Crippen LogP contribution >= 0.6 is 0 Å². The van der Waals surface area contributed by atoms with Crippen molar-refractivity contribution >= 4 is 9.84 Å². The van der Waals surface area contributed by atoms with Crippen molar-refractivity contribution in [3.05, 3.63) is 29.3 Å². The van der Waals surface area contributed by atoms with Crippen molar-refractivity contribution in [3.63, 3.8) is 0 Å². The molecule has 1 aromatic rings. The van der Waals surface area contributed by atoms with Crippen LogP contribution in [0, 0.1) is 12.8 Å². The summed E-state index contributed by atoms with van der Waals surface area (Å²) in [5.41, 5.74) is 7.88. The second-order valence-corrected chi connectivity index (χ2v) is 8.03. The second-order valence-electron chi connectivity index (χ2n) is 5.63. The van der Waals surface area contributed by atoms with Gasteiger partial charge in [0.05, 0.1) is 18.1 Å². The van der Waals surface area contributed by atoms with Gasteiger partial charge < -0.3 is 10.5 Å². The lowest BCUT2D eigenvalue weighted by molar-refractivity contribution is 0.406. The molecule has 2 N–H and O–H groups in total. The van der Waals surface area contributed by atoms with Gasteiger partial charge in [-0.2, -0.15) is 0 Å².